The molecule has 72 heavy (non-hydrogen) atoms. The van der Waals surface area contributed by atoms with Gasteiger partial charge in [0, 0.05) is 25.9 Å². The quantitative estimate of drug-likeness (QED) is 0.0151. The Bertz CT molecular complexity index is 2030. The average molecular weight is 1040 g/mol. The summed E-state index contributed by atoms with van der Waals surface area (Å²) in [4.78, 5) is 119. The summed E-state index contributed by atoms with van der Waals surface area (Å²) in [6.07, 6.45) is -11.5. The number of rotatable bonds is 33. The second kappa shape index (κ2) is 30.8. The van der Waals surface area contributed by atoms with Crippen LogP contribution in [0.5, 0.6) is 0 Å². The third kappa shape index (κ3) is 24.3. The third-order valence-electron chi connectivity index (χ3n) is 10.7. The maximum absolute atomic E-state index is 13.7. The Hall–Kier alpha value is -6.82. The van der Waals surface area contributed by atoms with Crippen LogP contribution in [0.3, 0.4) is 0 Å². The number of guanidine groups is 1. The van der Waals surface area contributed by atoms with Crippen LogP contribution >= 0.6 is 0 Å². The molecule has 1 aromatic carbocycles. The molecule has 0 aliphatic heterocycles. The first-order chi connectivity index (χ1) is 33.5. The van der Waals surface area contributed by atoms with Gasteiger partial charge in [0.05, 0.1) is 30.3 Å². The number of aliphatic carboxylic acids is 1. The smallest absolute Gasteiger partial charge is 0.416 e. The average Bonchev–Trinajstić information content (AvgIpc) is 3.29. The van der Waals surface area contributed by atoms with Crippen molar-refractivity contribution in [2.24, 2.45) is 39.6 Å². The number of unbranched alkanes of at least 4 members (excludes halogenated alkanes) is 1. The van der Waals surface area contributed by atoms with Crippen molar-refractivity contribution in [2.45, 2.75) is 133 Å². The number of hydrogen-bond donors (Lipinski definition) is 14. The number of carboxylic acid groups (broad SMARTS) is 1. The zero-order valence-electron chi connectivity index (χ0n) is 39.6. The van der Waals surface area contributed by atoms with E-state index in [1.165, 1.54) is 0 Å². The van der Waals surface area contributed by atoms with Gasteiger partial charge in [-0.05, 0) is 74.8 Å². The van der Waals surface area contributed by atoms with Gasteiger partial charge in [0.2, 0.25) is 47.3 Å². The Balaban J connectivity index is 3.07. The van der Waals surface area contributed by atoms with Crippen molar-refractivity contribution in [2.75, 3.05) is 26.2 Å². The minimum Gasteiger partial charge on any atom is -0.481 e. The van der Waals surface area contributed by atoms with Crippen LogP contribution in [-0.2, 0) is 62.0 Å². The highest BCUT2D eigenvalue weighted by Crippen LogP contribution is 2.36. The highest BCUT2D eigenvalue weighted by Gasteiger charge is 2.37. The van der Waals surface area contributed by atoms with E-state index in [4.69, 9.17) is 28.7 Å². The van der Waals surface area contributed by atoms with Gasteiger partial charge < -0.3 is 76.1 Å². The van der Waals surface area contributed by atoms with Gasteiger partial charge in [0.1, 0.15) is 30.2 Å². The summed E-state index contributed by atoms with van der Waals surface area (Å²) >= 11 is 0. The molecule has 0 bridgehead atoms. The fraction of sp³-hybridized carbons (Fsp3) is 0.619. The van der Waals surface area contributed by atoms with Crippen molar-refractivity contribution in [3.8, 4) is 0 Å². The number of benzene rings is 1. The van der Waals surface area contributed by atoms with Gasteiger partial charge in [-0.25, -0.2) is 0 Å². The highest BCUT2D eigenvalue weighted by atomic mass is 19.4. The summed E-state index contributed by atoms with van der Waals surface area (Å²) in [5.74, 6) is -10.2. The van der Waals surface area contributed by atoms with Crippen LogP contribution in [0, 0.1) is 5.92 Å². The number of nitrogens with two attached hydrogens (primary N) is 5. The minimum absolute atomic E-state index is 0.0155. The minimum atomic E-state index is -5.01. The topological polar surface area (TPSA) is 421 Å². The molecule has 30 heteroatoms. The number of aliphatic hydroxyl groups excluding tert-OH is 1. The highest BCUT2D eigenvalue weighted by molar-refractivity contribution is 5.97. The number of aliphatic hydroxyl groups is 1. The third-order valence-corrected chi connectivity index (χ3v) is 10.7. The first-order valence-electron chi connectivity index (χ1n) is 22.5. The first-order valence-corrected chi connectivity index (χ1v) is 22.5. The zero-order valence-corrected chi connectivity index (χ0v) is 39.6. The molecule has 0 saturated carbocycles. The van der Waals surface area contributed by atoms with E-state index in [0.29, 0.717) is 18.6 Å². The molecular weight excluding hydrogens is 977 g/mol. The molecule has 406 valence electrons. The predicted molar refractivity (Wildman–Crippen MR) is 244 cm³/mol. The number of amides is 8. The Morgan fingerprint density at radius 3 is 1.65 bits per heavy atom. The fourth-order valence-corrected chi connectivity index (χ4v) is 6.50. The number of carboxylic acids is 1. The second-order valence-electron chi connectivity index (χ2n) is 16.6. The zero-order chi connectivity index (χ0) is 54.9. The van der Waals surface area contributed by atoms with E-state index in [0.717, 1.165) is 0 Å². The normalized spacial score (nSPS) is 14.4. The van der Waals surface area contributed by atoms with Crippen molar-refractivity contribution in [3.63, 3.8) is 0 Å². The van der Waals surface area contributed by atoms with Crippen molar-refractivity contribution in [3.05, 3.63) is 34.9 Å². The van der Waals surface area contributed by atoms with Gasteiger partial charge in [-0.1, -0.05) is 26.7 Å². The Morgan fingerprint density at radius 1 is 0.667 bits per heavy atom. The lowest BCUT2D eigenvalue weighted by Gasteiger charge is -2.27. The lowest BCUT2D eigenvalue weighted by molar-refractivity contribution is -0.143. The number of carbonyl (C=O) groups is 9. The summed E-state index contributed by atoms with van der Waals surface area (Å²) in [5, 5.41) is 35.8. The number of nitrogens with zero attached hydrogens (tertiary/aromatic N) is 1. The number of primary amides is 2. The molecule has 0 aliphatic rings. The van der Waals surface area contributed by atoms with Gasteiger partial charge in [-0.2, -0.15) is 26.3 Å². The van der Waals surface area contributed by atoms with E-state index in [1.807, 2.05) is 0 Å². The molecule has 24 nitrogen and oxygen atoms in total. The lowest BCUT2D eigenvalue weighted by Crippen LogP contribution is -2.60. The number of carbonyl (C=O) groups excluding carboxylic acids is 8. The fourth-order valence-electron chi connectivity index (χ4n) is 6.50. The molecule has 0 saturated heterocycles. The summed E-state index contributed by atoms with van der Waals surface area (Å²) in [7, 11) is 0. The lowest BCUT2D eigenvalue weighted by atomic mass is 9.98. The monoisotopic (exact) mass is 1040 g/mol. The van der Waals surface area contributed by atoms with Crippen LogP contribution in [0.2, 0.25) is 0 Å². The van der Waals surface area contributed by atoms with E-state index in [9.17, 15) is 79.7 Å². The van der Waals surface area contributed by atoms with E-state index in [-0.39, 0.29) is 69.3 Å². The van der Waals surface area contributed by atoms with Gasteiger partial charge in [-0.15, -0.1) is 0 Å². The number of hydrogen-bond acceptors (Lipinski definition) is 13. The van der Waals surface area contributed by atoms with Gasteiger partial charge in [0.15, 0.2) is 5.96 Å². The molecular formula is C42H65F6N13O11. The molecule has 7 atom stereocenters. The summed E-state index contributed by atoms with van der Waals surface area (Å²) < 4.78 is 79.1. The van der Waals surface area contributed by atoms with Crippen LogP contribution in [0.15, 0.2) is 23.2 Å². The molecule has 1 rings (SSSR count). The maximum Gasteiger partial charge on any atom is 0.416 e. The molecule has 0 spiro atoms. The van der Waals surface area contributed by atoms with Crippen LogP contribution in [0.1, 0.15) is 94.7 Å². The van der Waals surface area contributed by atoms with Crippen molar-refractivity contribution >= 4 is 59.2 Å². The Labute approximate surface area is 409 Å². The molecule has 1 unspecified atom stereocenters. The van der Waals surface area contributed by atoms with Crippen LogP contribution in [0.4, 0.5) is 26.3 Å². The van der Waals surface area contributed by atoms with E-state index < -0.39 is 158 Å². The first kappa shape index (κ1) is 63.2. The van der Waals surface area contributed by atoms with Crippen molar-refractivity contribution < 1.29 is 79.7 Å². The van der Waals surface area contributed by atoms with E-state index in [1.54, 1.807) is 13.8 Å². The summed E-state index contributed by atoms with van der Waals surface area (Å²) in [5.41, 5.74) is 24.2. The maximum atomic E-state index is 13.7. The number of nitrogens with one attached hydrogen (secondary N) is 7. The van der Waals surface area contributed by atoms with Crippen LogP contribution < -0.4 is 65.9 Å². The summed E-state index contributed by atoms with van der Waals surface area (Å²) in [6, 6.07) is -7.83. The SMILES string of the molecule is CC[C@H](C)[C@H](NC(=O)[C@H](CO)NC(=O)[C@H](CCC(N)=O)NC(=O)[C@H](CCC(=O)O)NC(=O)[C@H](CCCN=C(N)N)NC(=O)CNC(=O)C(N)CCCCNCc1cc(C(F)(F)F)cc(C(F)(F)F)c1)C(N)=O. The standard InChI is InChI=1S/C42H65F6N13O11/c1-3-21(2)33(34(51)67)61-39(72)29(20-62)60-38(71)27(9-11-30(50)63)58-37(70)28(10-12-32(65)66)59-36(69)26(8-6-14-55-40(52)53)57-31(64)19-56-35(68)25(49)7-4-5-13-54-18-22-15-23(41(43,44)45)17-24(16-22)42(46,47)48/h15-17,21,25-29,33,54,62H,3-14,18-20,49H2,1-2H3,(H2,50,63)(H2,51,67)(H,56,68)(H,57,64)(H,58,70)(H,59,69)(H,60,71)(H,61,72)(H,65,66)(H4,52,53,55)/t21-,25?,26-,27-,28-,29-,33-/m0/s1. The molecule has 0 aliphatic carbocycles. The molecule has 8 amide bonds. The van der Waals surface area contributed by atoms with Gasteiger partial charge in [-0.3, -0.25) is 48.1 Å². The van der Waals surface area contributed by atoms with Crippen LogP contribution in [0.25, 0.3) is 0 Å². The summed E-state index contributed by atoms with van der Waals surface area (Å²) in [6.45, 7) is 1.32. The second-order valence-corrected chi connectivity index (χ2v) is 16.6. The predicted octanol–water partition coefficient (Wildman–Crippen LogP) is -2.44. The van der Waals surface area contributed by atoms with Crippen molar-refractivity contribution in [1.29, 1.82) is 0 Å². The molecule has 1 aromatic rings. The van der Waals surface area contributed by atoms with Gasteiger partial charge >= 0.3 is 18.3 Å². The number of aliphatic imine (C=N–C) groups is 1. The molecule has 0 radical (unpaired) electrons. The Morgan fingerprint density at radius 2 is 1.18 bits per heavy atom. The molecule has 0 fully saturated rings. The number of alkyl halides is 6. The largest absolute Gasteiger partial charge is 0.481 e. The van der Waals surface area contributed by atoms with Crippen LogP contribution in [-0.4, -0.2) is 132 Å². The van der Waals surface area contributed by atoms with E-state index >= 15 is 0 Å². The molecule has 19 N–H and O–H groups in total. The molecule has 0 aromatic heterocycles. The van der Waals surface area contributed by atoms with Crippen molar-refractivity contribution in [1.82, 2.24) is 37.2 Å². The van der Waals surface area contributed by atoms with E-state index in [2.05, 4.69) is 42.2 Å². The number of halogens is 6. The van der Waals surface area contributed by atoms with Gasteiger partial charge in [0.25, 0.3) is 0 Å². The molecule has 0 heterocycles. The Kier molecular flexibility index (Phi) is 27.0.